The zero-order chi connectivity index (χ0) is 15.0. The van der Waals surface area contributed by atoms with E-state index in [4.69, 9.17) is 0 Å². The highest BCUT2D eigenvalue weighted by Crippen LogP contribution is 2.24. The predicted octanol–water partition coefficient (Wildman–Crippen LogP) is 3.86. The summed E-state index contributed by atoms with van der Waals surface area (Å²) in [5.41, 5.74) is 0.717. The Kier molecular flexibility index (Phi) is 3.42. The van der Waals surface area contributed by atoms with Crippen LogP contribution in [-0.2, 0) is 0 Å². The summed E-state index contributed by atoms with van der Waals surface area (Å²) in [6.45, 7) is 0. The number of nitrogens with zero attached hydrogens (tertiary/aromatic N) is 1. The molecular formula is C14H8BrF2N3O. The number of nitrogens with one attached hydrogen (secondary N) is 2. The minimum Gasteiger partial charge on any atom is -0.318 e. The second kappa shape index (κ2) is 5.25. The first-order valence-corrected chi connectivity index (χ1v) is 6.74. The molecule has 106 valence electrons. The first-order chi connectivity index (χ1) is 10.1. The number of anilines is 1. The Morgan fingerprint density at radius 1 is 1.19 bits per heavy atom. The molecule has 3 aromatic rings. The summed E-state index contributed by atoms with van der Waals surface area (Å²) in [4.78, 5) is 12.2. The topological polar surface area (TPSA) is 57.8 Å². The van der Waals surface area contributed by atoms with Gasteiger partial charge in [0.05, 0.1) is 15.7 Å². The van der Waals surface area contributed by atoms with Crippen molar-refractivity contribution in [2.45, 2.75) is 0 Å². The van der Waals surface area contributed by atoms with Gasteiger partial charge in [-0.2, -0.15) is 5.10 Å². The number of fused-ring (bicyclic) bond motifs is 1. The Balaban J connectivity index is 1.95. The summed E-state index contributed by atoms with van der Waals surface area (Å²) in [7, 11) is 0. The van der Waals surface area contributed by atoms with Gasteiger partial charge < -0.3 is 5.32 Å². The number of H-pyrrole nitrogens is 1. The molecule has 2 aromatic carbocycles. The first-order valence-electron chi connectivity index (χ1n) is 5.95. The monoisotopic (exact) mass is 351 g/mol. The maximum Gasteiger partial charge on any atom is 0.276 e. The van der Waals surface area contributed by atoms with Gasteiger partial charge in [0.15, 0.2) is 5.69 Å². The van der Waals surface area contributed by atoms with E-state index in [1.807, 2.05) is 0 Å². The van der Waals surface area contributed by atoms with Crippen LogP contribution in [0.3, 0.4) is 0 Å². The van der Waals surface area contributed by atoms with Crippen molar-refractivity contribution < 1.29 is 13.6 Å². The van der Waals surface area contributed by atoms with Crippen molar-refractivity contribution in [3.8, 4) is 0 Å². The summed E-state index contributed by atoms with van der Waals surface area (Å²) >= 11 is 2.94. The lowest BCUT2D eigenvalue weighted by molar-refractivity contribution is 0.102. The number of carbonyl (C=O) groups excluding carboxylic acids is 1. The van der Waals surface area contributed by atoms with Crippen molar-refractivity contribution in [3.63, 3.8) is 0 Å². The SMILES string of the molecule is O=C(Nc1cc(Br)c(F)cc1F)c1n[nH]c2ccccc12. The van der Waals surface area contributed by atoms with E-state index in [-0.39, 0.29) is 15.9 Å². The van der Waals surface area contributed by atoms with Crippen molar-refractivity contribution in [3.05, 3.63) is 58.2 Å². The van der Waals surface area contributed by atoms with Crippen molar-refractivity contribution in [1.82, 2.24) is 10.2 Å². The molecule has 3 rings (SSSR count). The molecule has 4 nitrogen and oxygen atoms in total. The van der Waals surface area contributed by atoms with E-state index in [1.165, 1.54) is 0 Å². The highest BCUT2D eigenvalue weighted by Gasteiger charge is 2.16. The molecule has 21 heavy (non-hydrogen) atoms. The number of aromatic amines is 1. The molecule has 0 saturated carbocycles. The van der Waals surface area contributed by atoms with Crippen molar-refractivity contribution in [1.29, 1.82) is 0 Å². The van der Waals surface area contributed by atoms with E-state index >= 15 is 0 Å². The smallest absolute Gasteiger partial charge is 0.276 e. The van der Waals surface area contributed by atoms with Crippen LogP contribution in [0.25, 0.3) is 10.9 Å². The van der Waals surface area contributed by atoms with Crippen LogP contribution in [0.4, 0.5) is 14.5 Å². The fraction of sp³-hybridized carbons (Fsp3) is 0. The largest absolute Gasteiger partial charge is 0.318 e. The molecule has 7 heteroatoms. The number of aromatic nitrogens is 2. The quantitative estimate of drug-likeness (QED) is 0.689. The highest BCUT2D eigenvalue weighted by atomic mass is 79.9. The minimum atomic E-state index is -0.858. The average molecular weight is 352 g/mol. The molecule has 2 N–H and O–H groups in total. The van der Waals surface area contributed by atoms with E-state index in [1.54, 1.807) is 24.3 Å². The molecule has 1 aromatic heterocycles. The Labute approximate surface area is 126 Å². The van der Waals surface area contributed by atoms with Gasteiger partial charge in [-0.25, -0.2) is 8.78 Å². The van der Waals surface area contributed by atoms with Gasteiger partial charge in [-0.05, 0) is 28.1 Å². The molecule has 0 unspecified atom stereocenters. The molecule has 0 bridgehead atoms. The van der Waals surface area contributed by atoms with Crippen molar-refractivity contribution >= 4 is 38.4 Å². The fourth-order valence-electron chi connectivity index (χ4n) is 1.94. The number of carbonyl (C=O) groups is 1. The lowest BCUT2D eigenvalue weighted by Crippen LogP contribution is -2.14. The third-order valence-corrected chi connectivity index (χ3v) is 3.55. The molecule has 1 heterocycles. The molecule has 1 amide bonds. The van der Waals surface area contributed by atoms with Gasteiger partial charge in [-0.15, -0.1) is 0 Å². The predicted molar refractivity (Wildman–Crippen MR) is 78.1 cm³/mol. The molecule has 0 fully saturated rings. The number of hydrogen-bond donors (Lipinski definition) is 2. The Hall–Kier alpha value is -2.28. The van der Waals surface area contributed by atoms with Gasteiger partial charge in [-0.3, -0.25) is 9.89 Å². The Morgan fingerprint density at radius 2 is 1.95 bits per heavy atom. The average Bonchev–Trinajstić information content (AvgIpc) is 2.88. The minimum absolute atomic E-state index is 0.0612. The summed E-state index contributed by atoms with van der Waals surface area (Å²) in [6.07, 6.45) is 0. The van der Waals surface area contributed by atoms with E-state index in [0.29, 0.717) is 17.0 Å². The Morgan fingerprint density at radius 3 is 2.76 bits per heavy atom. The van der Waals surface area contributed by atoms with Crippen molar-refractivity contribution in [2.75, 3.05) is 5.32 Å². The number of para-hydroxylation sites is 1. The van der Waals surface area contributed by atoms with Crippen LogP contribution in [0.15, 0.2) is 40.9 Å². The molecule has 0 aliphatic carbocycles. The highest BCUT2D eigenvalue weighted by molar-refractivity contribution is 9.10. The molecule has 0 aliphatic rings. The number of amides is 1. The van der Waals surface area contributed by atoms with E-state index in [2.05, 4.69) is 31.4 Å². The molecule has 0 atom stereocenters. The number of rotatable bonds is 2. The summed E-state index contributed by atoms with van der Waals surface area (Å²) in [5.74, 6) is -2.18. The van der Waals surface area contributed by atoms with Crippen LogP contribution in [0, 0.1) is 11.6 Å². The summed E-state index contributed by atoms with van der Waals surface area (Å²) in [5, 5.41) is 9.63. The second-order valence-corrected chi connectivity index (χ2v) is 5.17. The zero-order valence-electron chi connectivity index (χ0n) is 10.5. The van der Waals surface area contributed by atoms with Crippen LogP contribution < -0.4 is 5.32 Å². The standard InChI is InChI=1S/C14H8BrF2N3O/c15-8-5-12(10(17)6-9(8)16)18-14(21)13-7-3-1-2-4-11(7)19-20-13/h1-6H,(H,18,21)(H,19,20). The fourth-order valence-corrected chi connectivity index (χ4v) is 2.28. The van der Waals surface area contributed by atoms with Gasteiger partial charge in [0.2, 0.25) is 0 Å². The van der Waals surface area contributed by atoms with Gasteiger partial charge >= 0.3 is 0 Å². The lowest BCUT2D eigenvalue weighted by atomic mass is 10.2. The molecule has 0 saturated heterocycles. The van der Waals surface area contributed by atoms with Crippen LogP contribution in [-0.4, -0.2) is 16.1 Å². The number of hydrogen-bond acceptors (Lipinski definition) is 2. The van der Waals surface area contributed by atoms with Gasteiger partial charge in [-0.1, -0.05) is 18.2 Å². The molecule has 0 spiro atoms. The summed E-state index contributed by atoms with van der Waals surface area (Å²) in [6, 6.07) is 8.93. The summed E-state index contributed by atoms with van der Waals surface area (Å²) < 4.78 is 26.9. The molecular weight excluding hydrogens is 344 g/mol. The van der Waals surface area contributed by atoms with Gasteiger partial charge in [0, 0.05) is 11.5 Å². The van der Waals surface area contributed by atoms with Gasteiger partial charge in [0.25, 0.3) is 5.91 Å². The first kappa shape index (κ1) is 13.7. The third-order valence-electron chi connectivity index (χ3n) is 2.94. The van der Waals surface area contributed by atoms with Crippen LogP contribution in [0.2, 0.25) is 0 Å². The number of benzene rings is 2. The van der Waals surface area contributed by atoms with Crippen LogP contribution in [0.5, 0.6) is 0 Å². The van der Waals surface area contributed by atoms with Crippen molar-refractivity contribution in [2.24, 2.45) is 0 Å². The van der Waals surface area contributed by atoms with E-state index < -0.39 is 17.5 Å². The maximum absolute atomic E-state index is 13.6. The number of halogens is 3. The van der Waals surface area contributed by atoms with E-state index in [9.17, 15) is 13.6 Å². The van der Waals surface area contributed by atoms with E-state index in [0.717, 1.165) is 6.07 Å². The molecule has 0 aliphatic heterocycles. The van der Waals surface area contributed by atoms with Crippen LogP contribution in [0.1, 0.15) is 10.5 Å². The molecule has 0 radical (unpaired) electrons. The van der Waals surface area contributed by atoms with Gasteiger partial charge in [0.1, 0.15) is 11.6 Å². The van der Waals surface area contributed by atoms with Crippen LogP contribution >= 0.6 is 15.9 Å². The zero-order valence-corrected chi connectivity index (χ0v) is 12.0. The maximum atomic E-state index is 13.6. The lowest BCUT2D eigenvalue weighted by Gasteiger charge is -2.06. The normalized spacial score (nSPS) is 10.8. The third kappa shape index (κ3) is 2.52. The second-order valence-electron chi connectivity index (χ2n) is 4.32. The Bertz CT molecular complexity index is 847.